The molecular formula is C26H35IrN4-. The summed E-state index contributed by atoms with van der Waals surface area (Å²) < 4.78 is 4.23. The van der Waals surface area contributed by atoms with E-state index in [9.17, 15) is 0 Å². The average Bonchev–Trinajstić information content (AvgIpc) is 3.14. The molecule has 2 aromatic carbocycles. The fraction of sp³-hybridized carbons (Fsp3) is 0.308. The SMILES string of the molecule is C.C.Cc1nc(-c2[c-]cccc2)n(C)c1C.Cc1nc(-c2ccccc2)n(C)c1C.[Ir]. The molecule has 169 valence electrons. The first-order chi connectivity index (χ1) is 13.4. The van der Waals surface area contributed by atoms with Gasteiger partial charge in [-0.15, -0.1) is 35.9 Å². The van der Waals surface area contributed by atoms with E-state index in [1.165, 1.54) is 17.0 Å². The summed E-state index contributed by atoms with van der Waals surface area (Å²) in [4.78, 5) is 9.05. The van der Waals surface area contributed by atoms with Crippen LogP contribution in [0.4, 0.5) is 0 Å². The molecule has 4 aromatic rings. The van der Waals surface area contributed by atoms with Crippen LogP contribution in [0.1, 0.15) is 37.6 Å². The summed E-state index contributed by atoms with van der Waals surface area (Å²) >= 11 is 0. The molecule has 0 amide bonds. The summed E-state index contributed by atoms with van der Waals surface area (Å²) in [5, 5.41) is 0. The van der Waals surface area contributed by atoms with Crippen molar-refractivity contribution in [1.29, 1.82) is 0 Å². The van der Waals surface area contributed by atoms with Crippen molar-refractivity contribution in [2.24, 2.45) is 14.1 Å². The topological polar surface area (TPSA) is 35.6 Å². The second-order valence-electron chi connectivity index (χ2n) is 6.97. The summed E-state index contributed by atoms with van der Waals surface area (Å²) in [6.45, 7) is 8.24. The van der Waals surface area contributed by atoms with E-state index in [2.05, 4.69) is 58.2 Å². The van der Waals surface area contributed by atoms with E-state index in [1.54, 1.807) is 0 Å². The minimum Gasteiger partial charge on any atom is -0.371 e. The summed E-state index contributed by atoms with van der Waals surface area (Å²) in [7, 11) is 4.09. The van der Waals surface area contributed by atoms with Crippen molar-refractivity contribution in [3.63, 3.8) is 0 Å². The zero-order chi connectivity index (χ0) is 20.3. The van der Waals surface area contributed by atoms with Crippen molar-refractivity contribution < 1.29 is 20.1 Å². The third kappa shape index (κ3) is 6.25. The molecule has 0 aliphatic heterocycles. The Morgan fingerprint density at radius 2 is 1.16 bits per heavy atom. The smallest absolute Gasteiger partial charge is 0.140 e. The van der Waals surface area contributed by atoms with Crippen molar-refractivity contribution in [3.05, 3.63) is 83.4 Å². The number of hydrogen-bond donors (Lipinski definition) is 0. The molecule has 0 N–H and O–H groups in total. The van der Waals surface area contributed by atoms with Crippen molar-refractivity contribution in [3.8, 4) is 22.8 Å². The van der Waals surface area contributed by atoms with Crippen molar-refractivity contribution >= 4 is 0 Å². The van der Waals surface area contributed by atoms with Crippen LogP contribution in [-0.2, 0) is 34.2 Å². The molecule has 1 radical (unpaired) electrons. The zero-order valence-electron chi connectivity index (χ0n) is 17.8. The average molecular weight is 596 g/mol. The number of imidazole rings is 2. The van der Waals surface area contributed by atoms with E-state index in [4.69, 9.17) is 0 Å². The summed E-state index contributed by atoms with van der Waals surface area (Å²) in [5.74, 6) is 2.03. The van der Waals surface area contributed by atoms with Crippen molar-refractivity contribution in [2.75, 3.05) is 0 Å². The Kier molecular flexibility index (Phi) is 11.4. The van der Waals surface area contributed by atoms with Gasteiger partial charge in [-0.3, -0.25) is 4.98 Å². The Hall–Kier alpha value is -2.49. The molecule has 2 aromatic heterocycles. The Morgan fingerprint density at radius 1 is 0.677 bits per heavy atom. The van der Waals surface area contributed by atoms with Gasteiger partial charge in [-0.05, 0) is 27.7 Å². The van der Waals surface area contributed by atoms with Crippen LogP contribution in [0, 0.1) is 33.8 Å². The maximum Gasteiger partial charge on any atom is 0.140 e. The van der Waals surface area contributed by atoms with Gasteiger partial charge in [-0.1, -0.05) is 45.2 Å². The largest absolute Gasteiger partial charge is 0.371 e. The maximum atomic E-state index is 4.54. The zero-order valence-corrected chi connectivity index (χ0v) is 20.2. The molecule has 0 bridgehead atoms. The number of aryl methyl sites for hydroxylation is 2. The van der Waals surface area contributed by atoms with Gasteiger partial charge in [0.15, 0.2) is 0 Å². The second kappa shape index (κ2) is 12.4. The first-order valence-electron chi connectivity index (χ1n) is 9.42. The van der Waals surface area contributed by atoms with Crippen molar-refractivity contribution in [1.82, 2.24) is 19.1 Å². The van der Waals surface area contributed by atoms with Gasteiger partial charge in [0.05, 0.1) is 11.5 Å². The van der Waals surface area contributed by atoms with Crippen LogP contribution >= 0.6 is 0 Å². The minimum absolute atomic E-state index is 0. The normalized spacial score (nSPS) is 9.48. The van der Waals surface area contributed by atoms with Gasteiger partial charge < -0.3 is 9.13 Å². The molecule has 2 heterocycles. The Bertz CT molecular complexity index is 976. The van der Waals surface area contributed by atoms with Gasteiger partial charge in [-0.2, -0.15) is 0 Å². The van der Waals surface area contributed by atoms with Crippen LogP contribution in [0.5, 0.6) is 0 Å². The fourth-order valence-electron chi connectivity index (χ4n) is 3.05. The molecule has 0 fully saturated rings. The van der Waals surface area contributed by atoms with E-state index in [-0.39, 0.29) is 35.0 Å². The molecule has 0 aliphatic carbocycles. The van der Waals surface area contributed by atoms with Gasteiger partial charge >= 0.3 is 0 Å². The minimum atomic E-state index is 0. The predicted molar refractivity (Wildman–Crippen MR) is 129 cm³/mol. The van der Waals surface area contributed by atoms with Crippen LogP contribution in [0.25, 0.3) is 22.8 Å². The molecule has 31 heavy (non-hydrogen) atoms. The molecule has 4 rings (SSSR count). The van der Waals surface area contributed by atoms with E-state index in [0.29, 0.717) is 0 Å². The molecule has 0 saturated heterocycles. The quantitative estimate of drug-likeness (QED) is 0.249. The molecule has 4 nitrogen and oxygen atoms in total. The Labute approximate surface area is 201 Å². The molecule has 0 unspecified atom stereocenters. The molecule has 0 aliphatic rings. The van der Waals surface area contributed by atoms with Crippen LogP contribution in [0.3, 0.4) is 0 Å². The molecule has 5 heteroatoms. The number of nitrogens with zero attached hydrogens (tertiary/aromatic N) is 4. The monoisotopic (exact) mass is 596 g/mol. The standard InChI is InChI=1S/C12H14N2.C12H13N2.2CH4.Ir/c2*1-9-10(2)14(3)12(13-9)11-7-5-4-6-8-11;;;/h4-8H,1-3H3;4-7H,1-3H3;2*1H4;/q;-1;;;. The third-order valence-corrected chi connectivity index (χ3v) is 5.22. The number of rotatable bonds is 2. The maximum absolute atomic E-state index is 4.54. The summed E-state index contributed by atoms with van der Waals surface area (Å²) in [6.07, 6.45) is 0. The number of benzene rings is 2. The van der Waals surface area contributed by atoms with Gasteiger partial charge in [-0.25, -0.2) is 4.98 Å². The third-order valence-electron chi connectivity index (χ3n) is 5.22. The van der Waals surface area contributed by atoms with Gasteiger partial charge in [0.25, 0.3) is 0 Å². The van der Waals surface area contributed by atoms with Crippen molar-refractivity contribution in [2.45, 2.75) is 42.5 Å². The molecule has 0 atom stereocenters. The Morgan fingerprint density at radius 3 is 1.58 bits per heavy atom. The van der Waals surface area contributed by atoms with Crippen LogP contribution in [-0.4, -0.2) is 19.1 Å². The summed E-state index contributed by atoms with van der Waals surface area (Å²) in [5.41, 5.74) is 6.84. The first kappa shape index (κ1) is 28.5. The van der Waals surface area contributed by atoms with E-state index < -0.39 is 0 Å². The van der Waals surface area contributed by atoms with E-state index in [0.717, 1.165) is 28.6 Å². The number of aromatic nitrogens is 4. The number of hydrogen-bond acceptors (Lipinski definition) is 2. The van der Waals surface area contributed by atoms with Gasteiger partial charge in [0.2, 0.25) is 0 Å². The van der Waals surface area contributed by atoms with Crippen LogP contribution in [0.15, 0.2) is 54.6 Å². The summed E-state index contributed by atoms with van der Waals surface area (Å²) in [6, 6.07) is 21.4. The first-order valence-corrected chi connectivity index (χ1v) is 9.42. The predicted octanol–water partition coefficient (Wildman–Crippen LogP) is 6.48. The van der Waals surface area contributed by atoms with E-state index in [1.807, 2.05) is 63.4 Å². The second-order valence-corrected chi connectivity index (χ2v) is 6.97. The van der Waals surface area contributed by atoms with Crippen LogP contribution < -0.4 is 0 Å². The van der Waals surface area contributed by atoms with Gasteiger partial charge in [0, 0.05) is 56.8 Å². The van der Waals surface area contributed by atoms with Crippen LogP contribution in [0.2, 0.25) is 0 Å². The fourth-order valence-corrected chi connectivity index (χ4v) is 3.05. The molecule has 0 saturated carbocycles. The molecule has 0 spiro atoms. The van der Waals surface area contributed by atoms with E-state index >= 15 is 0 Å². The molecular weight excluding hydrogens is 561 g/mol. The van der Waals surface area contributed by atoms with Gasteiger partial charge in [0.1, 0.15) is 5.82 Å². The Balaban J connectivity index is 0.000000529.